The second kappa shape index (κ2) is 9.23. The third-order valence-corrected chi connectivity index (χ3v) is 4.33. The van der Waals surface area contributed by atoms with Crippen molar-refractivity contribution in [1.82, 2.24) is 20.2 Å². The molecule has 3 rings (SSSR count). The van der Waals surface area contributed by atoms with Crippen LogP contribution in [0.5, 0.6) is 11.5 Å². The van der Waals surface area contributed by atoms with Gasteiger partial charge in [0.1, 0.15) is 6.61 Å². The van der Waals surface area contributed by atoms with Crippen LogP contribution in [-0.2, 0) is 19.7 Å². The number of halogens is 1. The van der Waals surface area contributed by atoms with Gasteiger partial charge in [0.2, 0.25) is 5.95 Å². The number of aryl methyl sites for hydroxylation is 1. The molecule has 0 aliphatic rings. The molecule has 1 N–H and O–H groups in total. The van der Waals surface area contributed by atoms with Gasteiger partial charge in [0, 0.05) is 24.2 Å². The summed E-state index contributed by atoms with van der Waals surface area (Å²) >= 11 is 6.45. The lowest BCUT2D eigenvalue weighted by atomic mass is 10.2. The summed E-state index contributed by atoms with van der Waals surface area (Å²) in [6.45, 7) is 3.73. The minimum atomic E-state index is 0.441. The fraction of sp³-hybridized carbons (Fsp3) is 0.316. The molecule has 0 atom stereocenters. The first-order chi connectivity index (χ1) is 13.2. The molecule has 1 aromatic heterocycles. The van der Waals surface area contributed by atoms with E-state index < -0.39 is 0 Å². The second-order valence-electron chi connectivity index (χ2n) is 5.95. The Balaban J connectivity index is 1.70. The van der Waals surface area contributed by atoms with Gasteiger partial charge in [-0.25, -0.2) is 4.68 Å². The zero-order valence-corrected chi connectivity index (χ0v) is 16.1. The molecule has 0 amide bonds. The number of benzene rings is 2. The van der Waals surface area contributed by atoms with Crippen LogP contribution >= 0.6 is 11.6 Å². The van der Waals surface area contributed by atoms with Crippen LogP contribution in [0.3, 0.4) is 0 Å². The van der Waals surface area contributed by atoms with Crippen molar-refractivity contribution in [2.75, 3.05) is 12.4 Å². The third kappa shape index (κ3) is 4.89. The zero-order chi connectivity index (χ0) is 19.1. The van der Waals surface area contributed by atoms with E-state index in [9.17, 15) is 0 Å². The molecular weight excluding hydrogens is 366 g/mol. The zero-order valence-electron chi connectivity index (χ0n) is 15.4. The lowest BCUT2D eigenvalue weighted by molar-refractivity contribution is 0.284. The first-order valence-corrected chi connectivity index (χ1v) is 9.12. The van der Waals surface area contributed by atoms with Gasteiger partial charge in [0.25, 0.3) is 0 Å². The van der Waals surface area contributed by atoms with E-state index in [4.69, 9.17) is 21.1 Å². The number of ether oxygens (including phenoxy) is 2. The van der Waals surface area contributed by atoms with Gasteiger partial charge in [-0.05, 0) is 34.0 Å². The topological polar surface area (TPSA) is 74.1 Å². The minimum Gasteiger partial charge on any atom is -0.493 e. The van der Waals surface area contributed by atoms with Crippen LogP contribution in [0.15, 0.2) is 42.5 Å². The van der Waals surface area contributed by atoms with E-state index >= 15 is 0 Å². The van der Waals surface area contributed by atoms with Crippen molar-refractivity contribution in [1.29, 1.82) is 0 Å². The SMILES string of the molecule is CCCn1nnnc1NCc1cc(OC)c(OCc2ccccc2)cc1Cl. The molecule has 2 aromatic carbocycles. The third-order valence-electron chi connectivity index (χ3n) is 3.97. The second-order valence-corrected chi connectivity index (χ2v) is 6.36. The quantitative estimate of drug-likeness (QED) is 0.599. The lowest BCUT2D eigenvalue weighted by Gasteiger charge is -2.14. The Labute approximate surface area is 163 Å². The van der Waals surface area contributed by atoms with Crippen molar-refractivity contribution in [2.24, 2.45) is 0 Å². The maximum atomic E-state index is 6.45. The molecule has 142 valence electrons. The number of nitrogens with zero attached hydrogens (tertiary/aromatic N) is 4. The monoisotopic (exact) mass is 387 g/mol. The molecule has 3 aromatic rings. The maximum Gasteiger partial charge on any atom is 0.243 e. The van der Waals surface area contributed by atoms with Crippen molar-refractivity contribution >= 4 is 17.5 Å². The van der Waals surface area contributed by atoms with Crippen molar-refractivity contribution in [2.45, 2.75) is 33.0 Å². The Kier molecular flexibility index (Phi) is 6.49. The van der Waals surface area contributed by atoms with Crippen LogP contribution in [0.2, 0.25) is 5.02 Å². The van der Waals surface area contributed by atoms with Gasteiger partial charge in [-0.3, -0.25) is 0 Å². The summed E-state index contributed by atoms with van der Waals surface area (Å²) in [6.07, 6.45) is 0.946. The molecule has 27 heavy (non-hydrogen) atoms. The molecule has 0 radical (unpaired) electrons. The molecule has 0 saturated carbocycles. The number of methoxy groups -OCH3 is 1. The molecule has 0 aliphatic heterocycles. The molecule has 0 unspecified atom stereocenters. The van der Waals surface area contributed by atoms with Crippen molar-refractivity contribution in [3.63, 3.8) is 0 Å². The Morgan fingerprint density at radius 3 is 2.70 bits per heavy atom. The Hall–Kier alpha value is -2.80. The number of aromatic nitrogens is 4. The number of anilines is 1. The molecule has 8 heteroatoms. The fourth-order valence-corrected chi connectivity index (χ4v) is 2.81. The Morgan fingerprint density at radius 2 is 1.96 bits per heavy atom. The molecule has 1 heterocycles. The standard InChI is InChI=1S/C19H22ClN5O2/c1-3-9-25-19(22-23-24-25)21-12-15-10-17(26-2)18(11-16(15)20)27-13-14-7-5-4-6-8-14/h4-8,10-11H,3,9,12-13H2,1-2H3,(H,21,22,24). The molecule has 0 saturated heterocycles. The summed E-state index contributed by atoms with van der Waals surface area (Å²) < 4.78 is 13.1. The van der Waals surface area contributed by atoms with Crippen LogP contribution in [-0.4, -0.2) is 27.3 Å². The average Bonchev–Trinajstić information content (AvgIpc) is 3.14. The van der Waals surface area contributed by atoms with E-state index in [1.54, 1.807) is 17.9 Å². The number of nitrogens with one attached hydrogen (secondary N) is 1. The molecule has 0 fully saturated rings. The summed E-state index contributed by atoms with van der Waals surface area (Å²) in [4.78, 5) is 0. The fourth-order valence-electron chi connectivity index (χ4n) is 2.59. The van der Waals surface area contributed by atoms with E-state index in [-0.39, 0.29) is 0 Å². The van der Waals surface area contributed by atoms with E-state index in [1.165, 1.54) is 0 Å². The minimum absolute atomic E-state index is 0.441. The number of rotatable bonds is 9. The van der Waals surface area contributed by atoms with Crippen molar-refractivity contribution < 1.29 is 9.47 Å². The highest BCUT2D eigenvalue weighted by Crippen LogP contribution is 2.34. The first-order valence-electron chi connectivity index (χ1n) is 8.74. The largest absolute Gasteiger partial charge is 0.493 e. The number of hydrogen-bond donors (Lipinski definition) is 1. The predicted molar refractivity (Wildman–Crippen MR) is 104 cm³/mol. The van der Waals surface area contributed by atoms with Gasteiger partial charge in [-0.15, -0.1) is 0 Å². The molecule has 7 nitrogen and oxygen atoms in total. The van der Waals surface area contributed by atoms with Gasteiger partial charge in [0.05, 0.1) is 7.11 Å². The molecular formula is C19H22ClN5O2. The summed E-state index contributed by atoms with van der Waals surface area (Å²) in [7, 11) is 1.61. The van der Waals surface area contributed by atoms with Gasteiger partial charge in [0.15, 0.2) is 11.5 Å². The molecule has 0 aliphatic carbocycles. The van der Waals surface area contributed by atoms with E-state index in [1.807, 2.05) is 36.4 Å². The van der Waals surface area contributed by atoms with Gasteiger partial charge >= 0.3 is 0 Å². The highest BCUT2D eigenvalue weighted by Gasteiger charge is 2.12. The van der Waals surface area contributed by atoms with Crippen molar-refractivity contribution in [3.8, 4) is 11.5 Å². The predicted octanol–water partition coefficient (Wildman–Crippen LogP) is 3.94. The van der Waals surface area contributed by atoms with Crippen LogP contribution in [0.25, 0.3) is 0 Å². The normalized spacial score (nSPS) is 10.6. The highest BCUT2D eigenvalue weighted by molar-refractivity contribution is 6.31. The van der Waals surface area contributed by atoms with E-state index in [2.05, 4.69) is 27.8 Å². The van der Waals surface area contributed by atoms with Gasteiger partial charge in [-0.2, -0.15) is 0 Å². The van der Waals surface area contributed by atoms with Gasteiger partial charge < -0.3 is 14.8 Å². The average molecular weight is 388 g/mol. The smallest absolute Gasteiger partial charge is 0.243 e. The maximum absolute atomic E-state index is 6.45. The first kappa shape index (κ1) is 19.0. The lowest BCUT2D eigenvalue weighted by Crippen LogP contribution is -2.09. The van der Waals surface area contributed by atoms with Crippen LogP contribution in [0, 0.1) is 0 Å². The Morgan fingerprint density at radius 1 is 1.15 bits per heavy atom. The summed E-state index contributed by atoms with van der Waals surface area (Å²) in [5.74, 6) is 1.84. The van der Waals surface area contributed by atoms with Crippen LogP contribution < -0.4 is 14.8 Å². The van der Waals surface area contributed by atoms with Crippen molar-refractivity contribution in [3.05, 3.63) is 58.6 Å². The van der Waals surface area contributed by atoms with E-state index in [0.717, 1.165) is 24.1 Å². The summed E-state index contributed by atoms with van der Waals surface area (Å²) in [5, 5.41) is 15.4. The van der Waals surface area contributed by atoms with Crippen LogP contribution in [0.1, 0.15) is 24.5 Å². The highest BCUT2D eigenvalue weighted by atomic mass is 35.5. The molecule has 0 bridgehead atoms. The molecule has 0 spiro atoms. The summed E-state index contributed by atoms with van der Waals surface area (Å²) in [6, 6.07) is 13.6. The Bertz CT molecular complexity index is 870. The van der Waals surface area contributed by atoms with Gasteiger partial charge in [-0.1, -0.05) is 54.0 Å². The number of hydrogen-bond acceptors (Lipinski definition) is 6. The van der Waals surface area contributed by atoms with Crippen LogP contribution in [0.4, 0.5) is 5.95 Å². The summed E-state index contributed by atoms with van der Waals surface area (Å²) in [5.41, 5.74) is 1.94. The van der Waals surface area contributed by atoms with E-state index in [0.29, 0.717) is 35.6 Å². The number of tetrazole rings is 1.